The van der Waals surface area contributed by atoms with Crippen molar-refractivity contribution in [2.75, 3.05) is 5.32 Å². The second-order valence-electron chi connectivity index (χ2n) is 6.17. The number of aryl methyl sites for hydroxylation is 2. The third kappa shape index (κ3) is 3.52. The van der Waals surface area contributed by atoms with E-state index in [4.69, 9.17) is 0 Å². The van der Waals surface area contributed by atoms with E-state index in [9.17, 15) is 27.3 Å². The number of nitro groups is 1. The molecule has 0 aliphatic heterocycles. The summed E-state index contributed by atoms with van der Waals surface area (Å²) in [6.07, 6.45) is 0. The van der Waals surface area contributed by atoms with E-state index in [1.807, 2.05) is 29.7 Å². The van der Waals surface area contributed by atoms with Crippen molar-refractivity contribution in [3.63, 3.8) is 0 Å². The fraction of sp³-hybridized carbons (Fsp3) is 0.235. The molecule has 1 N–H and O–H groups in total. The molecule has 0 fully saturated rings. The first-order chi connectivity index (χ1) is 13.1. The molecule has 0 bridgehead atoms. The molecule has 0 saturated carbocycles. The van der Waals surface area contributed by atoms with Gasteiger partial charge < -0.3 is 9.88 Å². The molecule has 3 aromatic rings. The van der Waals surface area contributed by atoms with Gasteiger partial charge in [0.25, 0.3) is 5.69 Å². The summed E-state index contributed by atoms with van der Waals surface area (Å²) in [5.41, 5.74) is 2.08. The molecule has 0 unspecified atom stereocenters. The van der Waals surface area contributed by atoms with Gasteiger partial charge >= 0.3 is 5.76 Å². The van der Waals surface area contributed by atoms with Crippen LogP contribution in [0.3, 0.4) is 0 Å². The Morgan fingerprint density at radius 2 is 1.96 bits per heavy atom. The van der Waals surface area contributed by atoms with Gasteiger partial charge in [0.2, 0.25) is 9.84 Å². The van der Waals surface area contributed by atoms with E-state index in [1.54, 1.807) is 7.05 Å². The predicted octanol–water partition coefficient (Wildman–Crippen LogP) is 3.40. The maximum Gasteiger partial charge on any atom is 0.341 e. The van der Waals surface area contributed by atoms with Crippen molar-refractivity contribution < 1.29 is 22.1 Å². The van der Waals surface area contributed by atoms with Crippen LogP contribution >= 0.6 is 0 Å². The molecule has 0 aliphatic rings. The number of nitrogens with zero attached hydrogens (tertiary/aromatic N) is 3. The first kappa shape index (κ1) is 19.7. The number of alkyl halides is 2. The lowest BCUT2D eigenvalue weighted by atomic mass is 10.2. The first-order valence-corrected chi connectivity index (χ1v) is 9.62. The van der Waals surface area contributed by atoms with Crippen LogP contribution < -0.4 is 5.32 Å². The van der Waals surface area contributed by atoms with E-state index in [1.165, 1.54) is 0 Å². The lowest BCUT2D eigenvalue weighted by Gasteiger charge is -2.09. The number of fused-ring (bicyclic) bond motifs is 1. The Labute approximate surface area is 158 Å². The van der Waals surface area contributed by atoms with E-state index in [-0.39, 0.29) is 12.2 Å². The van der Waals surface area contributed by atoms with E-state index >= 15 is 0 Å². The predicted molar refractivity (Wildman–Crippen MR) is 99.1 cm³/mol. The normalized spacial score (nSPS) is 11.9. The van der Waals surface area contributed by atoms with Crippen molar-refractivity contribution in [1.29, 1.82) is 0 Å². The summed E-state index contributed by atoms with van der Waals surface area (Å²) in [4.78, 5) is 14.1. The summed E-state index contributed by atoms with van der Waals surface area (Å²) in [6.45, 7) is 2.05. The van der Waals surface area contributed by atoms with E-state index in [2.05, 4.69) is 10.3 Å². The Morgan fingerprint density at radius 3 is 2.61 bits per heavy atom. The minimum atomic E-state index is -4.93. The number of nitro benzene ring substituents is 1. The monoisotopic (exact) mass is 410 g/mol. The summed E-state index contributed by atoms with van der Waals surface area (Å²) in [7, 11) is -3.13. The molecular weight excluding hydrogens is 394 g/mol. The van der Waals surface area contributed by atoms with Crippen molar-refractivity contribution in [2.45, 2.75) is 24.1 Å². The summed E-state index contributed by atoms with van der Waals surface area (Å²) in [6, 6.07) is 8.39. The van der Waals surface area contributed by atoms with Gasteiger partial charge in [-0.15, -0.1) is 0 Å². The molecule has 0 aliphatic carbocycles. The van der Waals surface area contributed by atoms with Gasteiger partial charge in [-0.05, 0) is 36.8 Å². The molecule has 0 radical (unpaired) electrons. The van der Waals surface area contributed by atoms with Crippen LogP contribution in [0.4, 0.5) is 20.2 Å². The van der Waals surface area contributed by atoms with Gasteiger partial charge in [0, 0.05) is 13.1 Å². The van der Waals surface area contributed by atoms with Gasteiger partial charge in [0.05, 0.1) is 27.4 Å². The number of hydrogen-bond acceptors (Lipinski definition) is 6. The molecule has 8 nitrogen and oxygen atoms in total. The number of imidazole rings is 1. The Kier molecular flexibility index (Phi) is 5.02. The largest absolute Gasteiger partial charge is 0.372 e. The maximum absolute atomic E-state index is 12.7. The second kappa shape index (κ2) is 7.15. The average Bonchev–Trinajstić information content (AvgIpc) is 2.94. The Bertz CT molecular complexity index is 1180. The Balaban J connectivity index is 1.93. The van der Waals surface area contributed by atoms with Crippen LogP contribution in [-0.2, 0) is 23.4 Å². The number of rotatable bonds is 6. The fourth-order valence-electron chi connectivity index (χ4n) is 2.78. The van der Waals surface area contributed by atoms with Gasteiger partial charge in [-0.1, -0.05) is 6.07 Å². The van der Waals surface area contributed by atoms with Crippen LogP contribution in [0.2, 0.25) is 0 Å². The van der Waals surface area contributed by atoms with Gasteiger partial charge in [0.15, 0.2) is 0 Å². The van der Waals surface area contributed by atoms with Crippen LogP contribution in [0, 0.1) is 17.0 Å². The van der Waals surface area contributed by atoms with Gasteiger partial charge in [-0.2, -0.15) is 8.78 Å². The SMILES string of the molecule is Cc1ccc2c(c1)nc(CNc1ccc(S(=O)(=O)C(F)F)cc1[N+](=O)[O-])n2C. The summed E-state index contributed by atoms with van der Waals surface area (Å²) in [5.74, 6) is -3.06. The summed E-state index contributed by atoms with van der Waals surface area (Å²) in [5, 5.41) is 14.1. The van der Waals surface area contributed by atoms with E-state index in [0.29, 0.717) is 11.9 Å². The number of hydrogen-bond donors (Lipinski definition) is 1. The molecule has 3 rings (SSSR count). The number of anilines is 1. The zero-order valence-electron chi connectivity index (χ0n) is 14.9. The number of sulfone groups is 1. The molecular formula is C17H16F2N4O4S. The topological polar surface area (TPSA) is 107 Å². The van der Waals surface area contributed by atoms with Crippen molar-refractivity contribution in [1.82, 2.24) is 9.55 Å². The molecule has 0 atom stereocenters. The average molecular weight is 410 g/mol. The van der Waals surface area contributed by atoms with Crippen molar-refractivity contribution in [3.05, 3.63) is 57.9 Å². The van der Waals surface area contributed by atoms with Gasteiger partial charge in [-0.25, -0.2) is 13.4 Å². The van der Waals surface area contributed by atoms with Crippen molar-refractivity contribution in [3.8, 4) is 0 Å². The summed E-state index contributed by atoms with van der Waals surface area (Å²) >= 11 is 0. The van der Waals surface area contributed by atoms with E-state index < -0.39 is 31.1 Å². The zero-order chi connectivity index (χ0) is 20.6. The second-order valence-corrected chi connectivity index (χ2v) is 8.09. The fourth-order valence-corrected chi connectivity index (χ4v) is 3.52. The van der Waals surface area contributed by atoms with Crippen LogP contribution in [0.5, 0.6) is 0 Å². The van der Waals surface area contributed by atoms with Crippen LogP contribution in [0.25, 0.3) is 11.0 Å². The molecule has 28 heavy (non-hydrogen) atoms. The quantitative estimate of drug-likeness (QED) is 0.493. The highest BCUT2D eigenvalue weighted by Gasteiger charge is 2.29. The molecule has 0 saturated heterocycles. The summed E-state index contributed by atoms with van der Waals surface area (Å²) < 4.78 is 50.3. The number of halogens is 2. The van der Waals surface area contributed by atoms with Gasteiger partial charge in [-0.3, -0.25) is 10.1 Å². The minimum absolute atomic E-state index is 0.00135. The first-order valence-electron chi connectivity index (χ1n) is 8.07. The molecule has 2 aromatic carbocycles. The highest BCUT2D eigenvalue weighted by molar-refractivity contribution is 7.91. The molecule has 0 amide bonds. The van der Waals surface area contributed by atoms with Crippen molar-refractivity contribution >= 4 is 32.2 Å². The smallest absolute Gasteiger partial charge is 0.341 e. The van der Waals surface area contributed by atoms with E-state index in [0.717, 1.165) is 28.7 Å². The molecule has 1 aromatic heterocycles. The highest BCUT2D eigenvalue weighted by atomic mass is 32.2. The molecule has 0 spiro atoms. The molecule has 148 valence electrons. The third-order valence-electron chi connectivity index (χ3n) is 4.29. The molecule has 1 heterocycles. The number of nitrogens with one attached hydrogen (secondary N) is 1. The van der Waals surface area contributed by atoms with Crippen LogP contribution in [0.1, 0.15) is 11.4 Å². The lowest BCUT2D eigenvalue weighted by molar-refractivity contribution is -0.384. The zero-order valence-corrected chi connectivity index (χ0v) is 15.7. The van der Waals surface area contributed by atoms with Crippen LogP contribution in [0.15, 0.2) is 41.3 Å². The maximum atomic E-state index is 12.7. The minimum Gasteiger partial charge on any atom is -0.372 e. The molecule has 11 heteroatoms. The van der Waals surface area contributed by atoms with Gasteiger partial charge in [0.1, 0.15) is 11.5 Å². The number of benzene rings is 2. The highest BCUT2D eigenvalue weighted by Crippen LogP contribution is 2.30. The lowest BCUT2D eigenvalue weighted by Crippen LogP contribution is -2.12. The van der Waals surface area contributed by atoms with Crippen LogP contribution in [-0.4, -0.2) is 28.6 Å². The Hall–Kier alpha value is -3.08. The Morgan fingerprint density at radius 1 is 1.25 bits per heavy atom. The third-order valence-corrected chi connectivity index (χ3v) is 5.68. The standard InChI is InChI=1S/C17H16F2N4O4S/c1-10-3-6-14-13(7-10)21-16(22(14)2)9-20-12-5-4-11(8-15(12)23(24)25)28(26,27)17(18)19/h3-8,17,20H,9H2,1-2H3. The van der Waals surface area contributed by atoms with Crippen molar-refractivity contribution in [2.24, 2.45) is 7.05 Å². The number of aromatic nitrogens is 2.